The SMILES string of the molecule is CNCC(Cc1cc(C)c(C)cc1OC)C(C)C. The van der Waals surface area contributed by atoms with Gasteiger partial charge >= 0.3 is 0 Å². The largest absolute Gasteiger partial charge is 0.496 e. The minimum atomic E-state index is 0.644. The second-order valence-corrected chi connectivity index (χ2v) is 5.51. The Hall–Kier alpha value is -1.02. The standard InChI is InChI=1S/C16H27NO/c1-11(2)15(10-17-5)9-14-7-12(3)13(4)8-16(14)18-6/h7-8,11,15,17H,9-10H2,1-6H3. The molecule has 0 aliphatic carbocycles. The van der Waals surface area contributed by atoms with Gasteiger partial charge in [0.1, 0.15) is 5.75 Å². The third kappa shape index (κ3) is 3.74. The van der Waals surface area contributed by atoms with E-state index in [1.165, 1.54) is 16.7 Å². The highest BCUT2D eigenvalue weighted by Crippen LogP contribution is 2.27. The molecule has 0 aliphatic rings. The Morgan fingerprint density at radius 1 is 1.17 bits per heavy atom. The number of hydrogen-bond acceptors (Lipinski definition) is 2. The molecule has 1 N–H and O–H groups in total. The van der Waals surface area contributed by atoms with Crippen LogP contribution < -0.4 is 10.1 Å². The Balaban J connectivity index is 2.97. The van der Waals surface area contributed by atoms with E-state index in [9.17, 15) is 0 Å². The van der Waals surface area contributed by atoms with Crippen LogP contribution in [0.15, 0.2) is 12.1 Å². The van der Waals surface area contributed by atoms with E-state index in [0.29, 0.717) is 11.8 Å². The lowest BCUT2D eigenvalue weighted by Crippen LogP contribution is -2.25. The second-order valence-electron chi connectivity index (χ2n) is 5.51. The zero-order valence-electron chi connectivity index (χ0n) is 12.6. The van der Waals surface area contributed by atoms with Crippen LogP contribution in [0.1, 0.15) is 30.5 Å². The second kappa shape index (κ2) is 6.79. The van der Waals surface area contributed by atoms with Crippen LogP contribution in [-0.2, 0) is 6.42 Å². The molecule has 2 heteroatoms. The highest BCUT2D eigenvalue weighted by Gasteiger charge is 2.16. The van der Waals surface area contributed by atoms with Gasteiger partial charge in [-0.15, -0.1) is 0 Å². The molecule has 2 nitrogen and oxygen atoms in total. The molecular formula is C16H27NO. The average molecular weight is 249 g/mol. The molecule has 0 heterocycles. The van der Waals surface area contributed by atoms with Gasteiger partial charge in [-0.05, 0) is 68.5 Å². The van der Waals surface area contributed by atoms with Crippen LogP contribution in [0.2, 0.25) is 0 Å². The van der Waals surface area contributed by atoms with Crippen molar-refractivity contribution in [3.05, 3.63) is 28.8 Å². The molecule has 0 saturated heterocycles. The summed E-state index contributed by atoms with van der Waals surface area (Å²) in [5.74, 6) is 2.34. The van der Waals surface area contributed by atoms with Crippen molar-refractivity contribution in [1.82, 2.24) is 5.32 Å². The van der Waals surface area contributed by atoms with E-state index in [1.807, 2.05) is 7.05 Å². The lowest BCUT2D eigenvalue weighted by atomic mass is 9.88. The first-order valence-electron chi connectivity index (χ1n) is 6.78. The van der Waals surface area contributed by atoms with E-state index in [0.717, 1.165) is 18.7 Å². The Labute approximate surface area is 112 Å². The molecule has 102 valence electrons. The van der Waals surface area contributed by atoms with Gasteiger partial charge in [-0.3, -0.25) is 0 Å². The van der Waals surface area contributed by atoms with Gasteiger partial charge in [-0.1, -0.05) is 19.9 Å². The number of methoxy groups -OCH3 is 1. The van der Waals surface area contributed by atoms with Gasteiger partial charge in [0.15, 0.2) is 0 Å². The first-order chi connectivity index (χ1) is 8.49. The predicted molar refractivity (Wildman–Crippen MR) is 78.4 cm³/mol. The van der Waals surface area contributed by atoms with Crippen molar-refractivity contribution in [2.24, 2.45) is 11.8 Å². The van der Waals surface area contributed by atoms with E-state index in [1.54, 1.807) is 7.11 Å². The Bertz CT molecular complexity index is 385. The van der Waals surface area contributed by atoms with Crippen molar-refractivity contribution in [2.45, 2.75) is 34.1 Å². The summed E-state index contributed by atoms with van der Waals surface area (Å²) >= 11 is 0. The lowest BCUT2D eigenvalue weighted by molar-refractivity contribution is 0.358. The van der Waals surface area contributed by atoms with Crippen molar-refractivity contribution < 1.29 is 4.74 Å². The van der Waals surface area contributed by atoms with Crippen molar-refractivity contribution in [2.75, 3.05) is 20.7 Å². The summed E-state index contributed by atoms with van der Waals surface area (Å²) in [6.07, 6.45) is 1.07. The third-order valence-corrected chi connectivity index (χ3v) is 3.79. The topological polar surface area (TPSA) is 21.3 Å². The monoisotopic (exact) mass is 249 g/mol. The zero-order chi connectivity index (χ0) is 13.7. The molecule has 1 unspecified atom stereocenters. The molecule has 0 spiro atoms. The summed E-state index contributed by atoms with van der Waals surface area (Å²) in [7, 11) is 3.78. The minimum Gasteiger partial charge on any atom is -0.496 e. The summed E-state index contributed by atoms with van der Waals surface area (Å²) in [5.41, 5.74) is 3.97. The van der Waals surface area contributed by atoms with Crippen LogP contribution >= 0.6 is 0 Å². The first kappa shape index (κ1) is 15.0. The van der Waals surface area contributed by atoms with Gasteiger partial charge in [-0.25, -0.2) is 0 Å². The van der Waals surface area contributed by atoms with Crippen molar-refractivity contribution in [3.63, 3.8) is 0 Å². The Morgan fingerprint density at radius 2 is 1.78 bits per heavy atom. The van der Waals surface area contributed by atoms with E-state index < -0.39 is 0 Å². The number of benzene rings is 1. The molecule has 0 aliphatic heterocycles. The third-order valence-electron chi connectivity index (χ3n) is 3.79. The highest BCUT2D eigenvalue weighted by atomic mass is 16.5. The van der Waals surface area contributed by atoms with Crippen molar-refractivity contribution in [3.8, 4) is 5.75 Å². The molecule has 0 bridgehead atoms. The first-order valence-corrected chi connectivity index (χ1v) is 6.78. The van der Waals surface area contributed by atoms with E-state index in [-0.39, 0.29) is 0 Å². The van der Waals surface area contributed by atoms with Crippen LogP contribution in [0.4, 0.5) is 0 Å². The average Bonchev–Trinajstić information content (AvgIpc) is 2.32. The molecule has 0 fully saturated rings. The number of hydrogen-bond donors (Lipinski definition) is 1. The molecule has 0 amide bonds. The van der Waals surface area contributed by atoms with Gasteiger partial charge in [0.2, 0.25) is 0 Å². The lowest BCUT2D eigenvalue weighted by Gasteiger charge is -2.22. The Kier molecular flexibility index (Phi) is 5.67. The van der Waals surface area contributed by atoms with Crippen molar-refractivity contribution in [1.29, 1.82) is 0 Å². The normalized spacial score (nSPS) is 12.8. The highest BCUT2D eigenvalue weighted by molar-refractivity contribution is 5.42. The fraction of sp³-hybridized carbons (Fsp3) is 0.625. The van der Waals surface area contributed by atoms with Gasteiger partial charge < -0.3 is 10.1 Å². The number of nitrogens with one attached hydrogen (secondary N) is 1. The molecule has 0 radical (unpaired) electrons. The quantitative estimate of drug-likeness (QED) is 0.835. The number of rotatable bonds is 6. The molecular weight excluding hydrogens is 222 g/mol. The maximum absolute atomic E-state index is 5.52. The maximum Gasteiger partial charge on any atom is 0.122 e. The van der Waals surface area contributed by atoms with E-state index in [2.05, 4.69) is 45.1 Å². The van der Waals surface area contributed by atoms with Crippen LogP contribution in [0.5, 0.6) is 5.75 Å². The fourth-order valence-corrected chi connectivity index (χ4v) is 2.29. The number of ether oxygens (including phenoxy) is 1. The summed E-state index contributed by atoms with van der Waals surface area (Å²) < 4.78 is 5.52. The van der Waals surface area contributed by atoms with Crippen LogP contribution in [0.25, 0.3) is 0 Å². The van der Waals surface area contributed by atoms with E-state index in [4.69, 9.17) is 4.74 Å². The molecule has 1 atom stereocenters. The van der Waals surface area contributed by atoms with Gasteiger partial charge in [0.05, 0.1) is 7.11 Å². The molecule has 0 aromatic heterocycles. The summed E-state index contributed by atoms with van der Waals surface area (Å²) in [6.45, 7) is 9.93. The smallest absolute Gasteiger partial charge is 0.122 e. The molecule has 1 aromatic carbocycles. The van der Waals surface area contributed by atoms with Gasteiger partial charge in [-0.2, -0.15) is 0 Å². The maximum atomic E-state index is 5.52. The zero-order valence-corrected chi connectivity index (χ0v) is 12.6. The van der Waals surface area contributed by atoms with E-state index >= 15 is 0 Å². The summed E-state index contributed by atoms with van der Waals surface area (Å²) in [5, 5.41) is 3.29. The minimum absolute atomic E-state index is 0.644. The van der Waals surface area contributed by atoms with Gasteiger partial charge in [0.25, 0.3) is 0 Å². The fourth-order valence-electron chi connectivity index (χ4n) is 2.29. The predicted octanol–water partition coefficient (Wildman–Crippen LogP) is 3.35. The Morgan fingerprint density at radius 3 is 2.28 bits per heavy atom. The molecule has 18 heavy (non-hydrogen) atoms. The number of aryl methyl sites for hydroxylation is 2. The van der Waals surface area contributed by atoms with Crippen molar-refractivity contribution >= 4 is 0 Å². The molecule has 0 saturated carbocycles. The summed E-state index contributed by atoms with van der Waals surface area (Å²) in [6, 6.07) is 4.43. The molecule has 1 aromatic rings. The van der Waals surface area contributed by atoms with Crippen LogP contribution in [0, 0.1) is 25.7 Å². The summed E-state index contributed by atoms with van der Waals surface area (Å²) in [4.78, 5) is 0. The molecule has 1 rings (SSSR count). The van der Waals surface area contributed by atoms with Gasteiger partial charge in [0, 0.05) is 0 Å². The van der Waals surface area contributed by atoms with Crippen LogP contribution in [-0.4, -0.2) is 20.7 Å². The van der Waals surface area contributed by atoms with Crippen LogP contribution in [0.3, 0.4) is 0 Å².